The maximum absolute atomic E-state index is 13.2. The molecule has 4 atom stereocenters. The van der Waals surface area contributed by atoms with Gasteiger partial charge in [-0.25, -0.2) is 14.0 Å². The Morgan fingerprint density at radius 2 is 1.15 bits per heavy atom. The first-order valence-corrected chi connectivity index (χ1v) is 13.5. The summed E-state index contributed by atoms with van der Waals surface area (Å²) in [6.45, 7) is 7.39. The third-order valence-corrected chi connectivity index (χ3v) is 5.93. The van der Waals surface area contributed by atoms with E-state index >= 15 is 0 Å². The number of benzene rings is 2. The molecule has 0 fully saturated rings. The quantitative estimate of drug-likeness (QED) is 0.239. The van der Waals surface area contributed by atoms with Gasteiger partial charge in [0.15, 0.2) is 0 Å². The highest BCUT2D eigenvalue weighted by molar-refractivity contribution is 5.68. The summed E-state index contributed by atoms with van der Waals surface area (Å²) in [6, 6.07) is 17.3. The molecule has 0 aliphatic rings. The summed E-state index contributed by atoms with van der Waals surface area (Å²) in [4.78, 5) is 24.9. The topological polar surface area (TPSA) is 129 Å². The van der Waals surface area contributed by atoms with Gasteiger partial charge in [-0.15, -0.1) is 0 Å². The highest BCUT2D eigenvalue weighted by Gasteiger charge is 2.29. The standard InChI is InChI=1S/C30H44FN3O6/c1-29(2,3)39-27(37)33-23(16-21-12-8-6-9-13-21)25(35)18-32-19-26(36)24(17-22-14-10-7-11-15-22)34-28(38)40-30(4,5)20-31/h6-15,23-26,32,35-36H,16-20H2,1-5H3,(H,33,37)(H,34,38)/t23-,24-,25+,26+/m0/s1. The lowest BCUT2D eigenvalue weighted by Crippen LogP contribution is -2.53. The van der Waals surface area contributed by atoms with Gasteiger partial charge < -0.3 is 35.6 Å². The number of rotatable bonds is 14. The van der Waals surface area contributed by atoms with Crippen molar-refractivity contribution in [3.63, 3.8) is 0 Å². The van der Waals surface area contributed by atoms with Crippen LogP contribution in [0, 0.1) is 0 Å². The zero-order valence-electron chi connectivity index (χ0n) is 24.0. The van der Waals surface area contributed by atoms with E-state index in [1.165, 1.54) is 13.8 Å². The van der Waals surface area contributed by atoms with E-state index in [1.54, 1.807) is 20.8 Å². The van der Waals surface area contributed by atoms with Crippen LogP contribution in [0.2, 0.25) is 0 Å². The average Bonchev–Trinajstić information content (AvgIpc) is 2.87. The average molecular weight is 562 g/mol. The molecule has 10 heteroatoms. The maximum Gasteiger partial charge on any atom is 0.408 e. The molecule has 2 amide bonds. The Morgan fingerprint density at radius 1 is 0.750 bits per heavy atom. The minimum Gasteiger partial charge on any atom is -0.444 e. The van der Waals surface area contributed by atoms with Gasteiger partial charge in [0.1, 0.15) is 17.9 Å². The van der Waals surface area contributed by atoms with Crippen molar-refractivity contribution in [3.8, 4) is 0 Å². The van der Waals surface area contributed by atoms with Crippen LogP contribution < -0.4 is 16.0 Å². The van der Waals surface area contributed by atoms with E-state index in [4.69, 9.17) is 9.47 Å². The molecule has 5 N–H and O–H groups in total. The van der Waals surface area contributed by atoms with E-state index in [0.29, 0.717) is 12.8 Å². The van der Waals surface area contributed by atoms with Crippen molar-refractivity contribution in [1.82, 2.24) is 16.0 Å². The van der Waals surface area contributed by atoms with Crippen molar-refractivity contribution in [1.29, 1.82) is 0 Å². The summed E-state index contributed by atoms with van der Waals surface area (Å²) in [5, 5.41) is 30.3. The van der Waals surface area contributed by atoms with Crippen LogP contribution in [0.3, 0.4) is 0 Å². The second kappa shape index (κ2) is 15.5. The highest BCUT2D eigenvalue weighted by Crippen LogP contribution is 2.13. The van der Waals surface area contributed by atoms with Gasteiger partial charge in [0.25, 0.3) is 0 Å². The Bertz CT molecular complexity index is 1030. The summed E-state index contributed by atoms with van der Waals surface area (Å²) in [5.74, 6) is 0. The zero-order valence-corrected chi connectivity index (χ0v) is 24.0. The Labute approximate surface area is 236 Å². The summed E-state index contributed by atoms with van der Waals surface area (Å²) in [5.41, 5.74) is -0.204. The monoisotopic (exact) mass is 561 g/mol. The van der Waals surface area contributed by atoms with E-state index < -0.39 is 54.4 Å². The zero-order chi connectivity index (χ0) is 29.8. The van der Waals surface area contributed by atoms with Crippen molar-refractivity contribution < 1.29 is 33.7 Å². The number of nitrogens with one attached hydrogen (secondary N) is 3. The molecule has 0 aliphatic heterocycles. The summed E-state index contributed by atoms with van der Waals surface area (Å²) in [7, 11) is 0. The van der Waals surface area contributed by atoms with Gasteiger partial charge in [-0.2, -0.15) is 0 Å². The Kier molecular flexibility index (Phi) is 12.8. The predicted octanol–water partition coefficient (Wildman–Crippen LogP) is 3.52. The van der Waals surface area contributed by atoms with Crippen molar-refractivity contribution >= 4 is 12.2 Å². The first kappa shape index (κ1) is 33.0. The molecule has 0 spiro atoms. The van der Waals surface area contributed by atoms with Crippen LogP contribution in [0.5, 0.6) is 0 Å². The van der Waals surface area contributed by atoms with Crippen LogP contribution in [0.1, 0.15) is 45.7 Å². The van der Waals surface area contributed by atoms with Gasteiger partial charge in [0.2, 0.25) is 0 Å². The first-order valence-electron chi connectivity index (χ1n) is 13.5. The number of hydrogen-bond acceptors (Lipinski definition) is 7. The predicted molar refractivity (Wildman–Crippen MR) is 152 cm³/mol. The van der Waals surface area contributed by atoms with Crippen molar-refractivity contribution in [2.75, 3.05) is 19.8 Å². The summed E-state index contributed by atoms with van der Waals surface area (Å²) in [6.07, 6.45) is -2.91. The number of carbonyl (C=O) groups is 2. The molecule has 0 aliphatic carbocycles. The summed E-state index contributed by atoms with van der Waals surface area (Å²) < 4.78 is 23.7. The van der Waals surface area contributed by atoms with Gasteiger partial charge in [-0.3, -0.25) is 0 Å². The van der Waals surface area contributed by atoms with Gasteiger partial charge in [-0.1, -0.05) is 60.7 Å². The molecular weight excluding hydrogens is 517 g/mol. The fourth-order valence-corrected chi connectivity index (χ4v) is 3.88. The van der Waals surface area contributed by atoms with E-state index in [9.17, 15) is 24.2 Å². The molecule has 0 heterocycles. The van der Waals surface area contributed by atoms with Crippen LogP contribution in [-0.2, 0) is 22.3 Å². The Morgan fingerprint density at radius 3 is 1.52 bits per heavy atom. The Balaban J connectivity index is 2.04. The lowest BCUT2D eigenvalue weighted by Gasteiger charge is -2.29. The van der Waals surface area contributed by atoms with E-state index in [1.807, 2.05) is 60.7 Å². The number of amides is 2. The number of carbonyl (C=O) groups excluding carboxylic acids is 2. The number of ether oxygens (including phenoxy) is 2. The molecule has 0 bridgehead atoms. The number of alkyl halides is 1. The number of halogens is 1. The highest BCUT2D eigenvalue weighted by atomic mass is 19.1. The number of alkyl carbamates (subject to hydrolysis) is 2. The van der Waals surface area contributed by atoms with Gasteiger partial charge >= 0.3 is 12.2 Å². The molecule has 9 nitrogen and oxygen atoms in total. The van der Waals surface area contributed by atoms with E-state index in [0.717, 1.165) is 11.1 Å². The van der Waals surface area contributed by atoms with Crippen LogP contribution in [0.25, 0.3) is 0 Å². The molecule has 2 aromatic carbocycles. The molecule has 0 radical (unpaired) electrons. The van der Waals surface area contributed by atoms with Crippen LogP contribution >= 0.6 is 0 Å². The molecule has 0 aromatic heterocycles. The minimum atomic E-state index is -1.30. The van der Waals surface area contributed by atoms with Gasteiger partial charge in [0.05, 0.1) is 24.3 Å². The molecule has 0 saturated heterocycles. The van der Waals surface area contributed by atoms with Crippen LogP contribution in [-0.4, -0.2) is 77.7 Å². The Hall–Kier alpha value is -3.21. The third kappa shape index (κ3) is 12.8. The molecule has 2 aromatic rings. The van der Waals surface area contributed by atoms with Crippen molar-refractivity contribution in [3.05, 3.63) is 71.8 Å². The molecule has 0 saturated carbocycles. The second-order valence-electron chi connectivity index (χ2n) is 11.5. The van der Waals surface area contributed by atoms with Crippen molar-refractivity contribution in [2.45, 2.75) is 83.0 Å². The molecule has 40 heavy (non-hydrogen) atoms. The smallest absolute Gasteiger partial charge is 0.408 e. The van der Waals surface area contributed by atoms with Crippen LogP contribution in [0.4, 0.5) is 14.0 Å². The lowest BCUT2D eigenvalue weighted by atomic mass is 10.00. The maximum atomic E-state index is 13.2. The molecule has 0 unspecified atom stereocenters. The number of aliphatic hydroxyl groups excluding tert-OH is 2. The molecular formula is C30H44FN3O6. The number of aliphatic hydroxyl groups is 2. The fourth-order valence-electron chi connectivity index (χ4n) is 3.88. The fraction of sp³-hybridized carbons (Fsp3) is 0.533. The van der Waals surface area contributed by atoms with E-state index in [2.05, 4.69) is 16.0 Å². The number of hydrogen-bond donors (Lipinski definition) is 5. The SMILES string of the molecule is CC(C)(C)OC(=O)N[C@@H](Cc1ccccc1)[C@H](O)CNC[C@@H](O)[C@H](Cc1ccccc1)NC(=O)OC(C)(C)CF. The van der Waals surface area contributed by atoms with Gasteiger partial charge in [0, 0.05) is 13.1 Å². The van der Waals surface area contributed by atoms with E-state index in [-0.39, 0.29) is 13.1 Å². The normalized spacial score (nSPS) is 14.9. The second-order valence-corrected chi connectivity index (χ2v) is 11.5. The van der Waals surface area contributed by atoms with Crippen molar-refractivity contribution in [2.24, 2.45) is 0 Å². The van der Waals surface area contributed by atoms with Crippen LogP contribution in [0.15, 0.2) is 60.7 Å². The minimum absolute atomic E-state index is 0.0197. The first-order chi connectivity index (χ1) is 18.8. The third-order valence-electron chi connectivity index (χ3n) is 5.93. The molecule has 222 valence electrons. The van der Waals surface area contributed by atoms with Gasteiger partial charge in [-0.05, 0) is 58.6 Å². The lowest BCUT2D eigenvalue weighted by molar-refractivity contribution is 0.0141. The summed E-state index contributed by atoms with van der Waals surface area (Å²) >= 11 is 0. The largest absolute Gasteiger partial charge is 0.444 e. The molecule has 2 rings (SSSR count).